The first-order chi connectivity index (χ1) is 19.1. The summed E-state index contributed by atoms with van der Waals surface area (Å²) >= 11 is 0. The predicted molar refractivity (Wildman–Crippen MR) is 157 cm³/mol. The fraction of sp³-hybridized carbons (Fsp3) is 0.594. The van der Waals surface area contributed by atoms with Crippen molar-refractivity contribution in [3.63, 3.8) is 0 Å². The molecule has 2 aromatic heterocycles. The van der Waals surface area contributed by atoms with Crippen LogP contribution in [0.3, 0.4) is 0 Å². The summed E-state index contributed by atoms with van der Waals surface area (Å²) in [5, 5.41) is 5.30. The van der Waals surface area contributed by atoms with Crippen molar-refractivity contribution in [2.24, 2.45) is 5.92 Å². The van der Waals surface area contributed by atoms with Crippen LogP contribution in [0, 0.1) is 5.92 Å². The van der Waals surface area contributed by atoms with Crippen LogP contribution in [0.4, 0.5) is 5.69 Å². The molecule has 0 spiro atoms. The van der Waals surface area contributed by atoms with Crippen LogP contribution in [0.2, 0.25) is 0 Å². The number of aryl methyl sites for hydroxylation is 1. The Morgan fingerprint density at radius 3 is 2.31 bits per heavy atom. The standard InChI is InChI=1S/C32H45N4O3/c1-5-26-32(36(2,22-23-11-12-23)25-13-17-39-18-14-25)28-10-8-9-27(35(28)33-26)31-29(37-3)19-24(20-30(31)38-4)21-34-15-6-7-16-34/h8-10,19-20,23,25H,5-7,11-18,21-22H2,1-4H3/q+1. The Labute approximate surface area is 233 Å². The second-order valence-electron chi connectivity index (χ2n) is 12.0. The lowest BCUT2D eigenvalue weighted by Gasteiger charge is -2.43. The van der Waals surface area contributed by atoms with Crippen molar-refractivity contribution in [2.75, 3.05) is 54.1 Å². The van der Waals surface area contributed by atoms with Crippen LogP contribution in [-0.2, 0) is 17.7 Å². The Bertz CT molecular complexity index is 1280. The van der Waals surface area contributed by atoms with Gasteiger partial charge in [-0.25, -0.2) is 4.52 Å². The second-order valence-corrected chi connectivity index (χ2v) is 12.0. The summed E-state index contributed by atoms with van der Waals surface area (Å²) in [5.41, 5.74) is 6.99. The molecular weight excluding hydrogens is 488 g/mol. The van der Waals surface area contributed by atoms with E-state index in [2.05, 4.69) is 53.7 Å². The van der Waals surface area contributed by atoms with Crippen LogP contribution < -0.4 is 14.0 Å². The second kappa shape index (κ2) is 11.1. The highest BCUT2D eigenvalue weighted by Crippen LogP contribution is 2.45. The third kappa shape index (κ3) is 5.05. The van der Waals surface area contributed by atoms with Gasteiger partial charge < -0.3 is 14.2 Å². The number of benzene rings is 1. The number of aromatic nitrogens is 2. The molecule has 2 saturated heterocycles. The Morgan fingerprint density at radius 1 is 1.00 bits per heavy atom. The van der Waals surface area contributed by atoms with Gasteiger partial charge in [-0.2, -0.15) is 5.10 Å². The zero-order valence-electron chi connectivity index (χ0n) is 24.2. The zero-order valence-corrected chi connectivity index (χ0v) is 24.2. The number of hydrogen-bond acceptors (Lipinski definition) is 5. The summed E-state index contributed by atoms with van der Waals surface area (Å²) in [6.07, 6.45) is 8.36. The molecule has 0 N–H and O–H groups in total. The smallest absolute Gasteiger partial charge is 0.182 e. The number of likely N-dealkylation sites (tertiary alicyclic amines) is 1. The molecule has 0 radical (unpaired) electrons. The van der Waals surface area contributed by atoms with E-state index in [9.17, 15) is 0 Å². The normalized spacial score (nSPS) is 20.4. The third-order valence-corrected chi connectivity index (χ3v) is 9.30. The van der Waals surface area contributed by atoms with E-state index in [0.717, 1.165) is 85.3 Å². The average molecular weight is 534 g/mol. The van der Waals surface area contributed by atoms with Crippen molar-refractivity contribution in [1.82, 2.24) is 19.0 Å². The summed E-state index contributed by atoms with van der Waals surface area (Å²) in [4.78, 5) is 2.51. The van der Waals surface area contributed by atoms with Crippen LogP contribution in [0.25, 0.3) is 16.8 Å². The first-order valence-corrected chi connectivity index (χ1v) is 15.0. The van der Waals surface area contributed by atoms with Gasteiger partial charge in [0.25, 0.3) is 0 Å². The molecule has 2 aliphatic heterocycles. The lowest BCUT2D eigenvalue weighted by atomic mass is 10.0. The van der Waals surface area contributed by atoms with E-state index in [0.29, 0.717) is 6.04 Å². The van der Waals surface area contributed by atoms with E-state index >= 15 is 0 Å². The molecule has 0 amide bonds. The Hall–Kier alpha value is -2.61. The summed E-state index contributed by atoms with van der Waals surface area (Å²) in [6.45, 7) is 8.37. The van der Waals surface area contributed by atoms with Gasteiger partial charge in [-0.1, -0.05) is 13.0 Å². The number of fused-ring (bicyclic) bond motifs is 1. The summed E-state index contributed by atoms with van der Waals surface area (Å²) in [5.74, 6) is 2.49. The number of rotatable bonds is 10. The van der Waals surface area contributed by atoms with Crippen LogP contribution in [0.5, 0.6) is 11.5 Å². The first kappa shape index (κ1) is 26.6. The average Bonchev–Trinajstić information content (AvgIpc) is 3.46. The highest BCUT2D eigenvalue weighted by atomic mass is 16.5. The van der Waals surface area contributed by atoms with Gasteiger partial charge in [-0.3, -0.25) is 9.38 Å². The quantitative estimate of drug-likeness (QED) is 0.313. The van der Waals surface area contributed by atoms with Gasteiger partial charge in [0.15, 0.2) is 5.69 Å². The van der Waals surface area contributed by atoms with E-state index in [1.54, 1.807) is 14.2 Å². The van der Waals surface area contributed by atoms with Crippen LogP contribution in [-0.4, -0.2) is 74.7 Å². The van der Waals surface area contributed by atoms with E-state index in [4.69, 9.17) is 19.3 Å². The van der Waals surface area contributed by atoms with Gasteiger partial charge in [0.05, 0.1) is 58.3 Å². The van der Waals surface area contributed by atoms with E-state index in [1.807, 2.05) is 0 Å². The summed E-state index contributed by atoms with van der Waals surface area (Å²) in [7, 11) is 5.99. The topological polar surface area (TPSA) is 48.2 Å². The van der Waals surface area contributed by atoms with Crippen molar-refractivity contribution in [2.45, 2.75) is 64.5 Å². The molecule has 39 heavy (non-hydrogen) atoms. The predicted octanol–water partition coefficient (Wildman–Crippen LogP) is 5.70. The van der Waals surface area contributed by atoms with Gasteiger partial charge in [-0.05, 0) is 75.0 Å². The lowest BCUT2D eigenvalue weighted by molar-refractivity contribution is 0.0436. The minimum atomic E-state index is 0.551. The van der Waals surface area contributed by atoms with Crippen molar-refractivity contribution >= 4 is 11.2 Å². The molecule has 4 heterocycles. The molecule has 1 atom stereocenters. The number of hydrogen-bond donors (Lipinski definition) is 0. The Kier molecular flexibility index (Phi) is 7.58. The van der Waals surface area contributed by atoms with Crippen molar-refractivity contribution in [3.8, 4) is 22.8 Å². The van der Waals surface area contributed by atoms with Crippen LogP contribution in [0.15, 0.2) is 30.3 Å². The molecule has 7 nitrogen and oxygen atoms in total. The van der Waals surface area contributed by atoms with E-state index in [-0.39, 0.29) is 0 Å². The number of nitrogens with zero attached hydrogens (tertiary/aromatic N) is 4. The zero-order chi connectivity index (χ0) is 27.0. The third-order valence-electron chi connectivity index (χ3n) is 9.30. The lowest BCUT2D eigenvalue weighted by Crippen LogP contribution is -2.57. The van der Waals surface area contributed by atoms with E-state index < -0.39 is 0 Å². The Balaban J connectivity index is 1.49. The molecule has 1 saturated carbocycles. The summed E-state index contributed by atoms with van der Waals surface area (Å²) < 4.78 is 21.0. The molecular formula is C32H45N4O3+. The van der Waals surface area contributed by atoms with Gasteiger partial charge in [-0.15, -0.1) is 0 Å². The molecule has 7 heteroatoms. The van der Waals surface area contributed by atoms with Gasteiger partial charge in [0, 0.05) is 25.3 Å². The molecule has 1 aromatic carbocycles. The molecule has 0 bridgehead atoms. The molecule has 3 aliphatic rings. The monoisotopic (exact) mass is 533 g/mol. The highest BCUT2D eigenvalue weighted by molar-refractivity contribution is 5.82. The van der Waals surface area contributed by atoms with Crippen molar-refractivity contribution in [3.05, 3.63) is 41.6 Å². The molecule has 6 rings (SSSR count). The molecule has 1 unspecified atom stereocenters. The first-order valence-electron chi connectivity index (χ1n) is 15.0. The number of quaternary nitrogens is 1. The maximum absolute atomic E-state index is 6.03. The molecule has 3 aromatic rings. The van der Waals surface area contributed by atoms with Gasteiger partial charge in [0.1, 0.15) is 22.7 Å². The Morgan fingerprint density at radius 2 is 1.69 bits per heavy atom. The summed E-state index contributed by atoms with van der Waals surface area (Å²) in [6, 6.07) is 11.5. The van der Waals surface area contributed by atoms with Crippen molar-refractivity contribution < 1.29 is 14.2 Å². The van der Waals surface area contributed by atoms with Crippen LogP contribution >= 0.6 is 0 Å². The van der Waals surface area contributed by atoms with Crippen molar-refractivity contribution in [1.29, 1.82) is 0 Å². The maximum Gasteiger partial charge on any atom is 0.182 e. The largest absolute Gasteiger partial charge is 0.496 e. The number of methoxy groups -OCH3 is 2. The maximum atomic E-state index is 6.03. The SMILES string of the molecule is CCc1nn2c(-c3c(OC)cc(CN4CCCC4)cc3OC)cccc2c1[N+](C)(CC1CC1)C1CCOCC1. The minimum absolute atomic E-state index is 0.551. The minimum Gasteiger partial charge on any atom is -0.496 e. The fourth-order valence-corrected chi connectivity index (χ4v) is 7.11. The molecule has 3 fully saturated rings. The number of ether oxygens (including phenoxy) is 3. The van der Waals surface area contributed by atoms with E-state index in [1.165, 1.54) is 54.7 Å². The highest BCUT2D eigenvalue weighted by Gasteiger charge is 2.44. The van der Waals surface area contributed by atoms with Gasteiger partial charge in [0.2, 0.25) is 0 Å². The van der Waals surface area contributed by atoms with Gasteiger partial charge >= 0.3 is 0 Å². The van der Waals surface area contributed by atoms with Crippen LogP contribution in [0.1, 0.15) is 56.7 Å². The molecule has 210 valence electrons. The number of pyridine rings is 1. The fourth-order valence-electron chi connectivity index (χ4n) is 7.11. The molecule has 1 aliphatic carbocycles.